The molecule has 2 rings (SSSR count). The molecular weight excluding hydrogens is 289 g/mol. The number of nitrogens with one attached hydrogen (secondary N) is 1. The van der Waals surface area contributed by atoms with Crippen LogP contribution in [0, 0.1) is 0 Å². The van der Waals surface area contributed by atoms with Gasteiger partial charge in [0.25, 0.3) is 0 Å². The fraction of sp³-hybridized carbons (Fsp3) is 0.500. The Morgan fingerprint density at radius 2 is 2.31 bits per heavy atom. The number of rotatable bonds is 3. The second-order valence-corrected chi connectivity index (χ2v) is 5.70. The molecule has 0 aliphatic carbocycles. The summed E-state index contributed by atoms with van der Waals surface area (Å²) in [5.74, 6) is 0. The van der Waals surface area contributed by atoms with Crippen LogP contribution in [0.4, 0.5) is 0 Å². The highest BCUT2D eigenvalue weighted by Crippen LogP contribution is 2.28. The van der Waals surface area contributed by atoms with Gasteiger partial charge in [-0.05, 0) is 43.5 Å². The molecule has 1 saturated heterocycles. The Hall–Kier alpha value is -0.0900. The summed E-state index contributed by atoms with van der Waals surface area (Å²) in [6.45, 7) is 1.15. The van der Waals surface area contributed by atoms with Crippen molar-refractivity contribution < 1.29 is 5.11 Å². The number of aliphatic hydroxyl groups is 1. The Morgan fingerprint density at radius 1 is 1.50 bits per heavy atom. The van der Waals surface area contributed by atoms with E-state index in [1.807, 2.05) is 18.2 Å². The standard InChI is InChI=1S/C12H15BrClNO/c13-10-3-2-9(11(14)6-10)7-12(8-16)4-1-5-15-12/h2-3,6,15-16H,1,4-5,7-8H2. The Balaban J connectivity index is 2.19. The molecule has 0 bridgehead atoms. The maximum absolute atomic E-state index is 9.51. The van der Waals surface area contributed by atoms with Crippen LogP contribution in [-0.2, 0) is 6.42 Å². The Kier molecular flexibility index (Phi) is 3.90. The van der Waals surface area contributed by atoms with Gasteiger partial charge in [0.2, 0.25) is 0 Å². The van der Waals surface area contributed by atoms with E-state index in [2.05, 4.69) is 21.2 Å². The summed E-state index contributed by atoms with van der Waals surface area (Å²) in [7, 11) is 0. The monoisotopic (exact) mass is 303 g/mol. The van der Waals surface area contributed by atoms with Crippen molar-refractivity contribution in [2.24, 2.45) is 0 Å². The van der Waals surface area contributed by atoms with Crippen molar-refractivity contribution in [3.05, 3.63) is 33.3 Å². The lowest BCUT2D eigenvalue weighted by Gasteiger charge is -2.27. The zero-order valence-corrected chi connectivity index (χ0v) is 11.3. The minimum atomic E-state index is -0.169. The van der Waals surface area contributed by atoms with E-state index in [0.29, 0.717) is 0 Å². The fourth-order valence-electron chi connectivity index (χ4n) is 2.24. The minimum Gasteiger partial charge on any atom is -0.394 e. The molecule has 1 heterocycles. The van der Waals surface area contributed by atoms with Crippen molar-refractivity contribution in [2.75, 3.05) is 13.2 Å². The van der Waals surface area contributed by atoms with E-state index in [0.717, 1.165) is 40.9 Å². The zero-order chi connectivity index (χ0) is 11.6. The summed E-state index contributed by atoms with van der Waals surface area (Å²) in [5.41, 5.74) is 0.922. The van der Waals surface area contributed by atoms with Crippen LogP contribution < -0.4 is 5.32 Å². The zero-order valence-electron chi connectivity index (χ0n) is 8.97. The number of hydrogen-bond acceptors (Lipinski definition) is 2. The third kappa shape index (κ3) is 2.59. The van der Waals surface area contributed by atoms with E-state index in [9.17, 15) is 5.11 Å². The third-order valence-corrected chi connectivity index (χ3v) is 4.02. The molecule has 1 unspecified atom stereocenters. The van der Waals surface area contributed by atoms with Crippen LogP contribution in [0.2, 0.25) is 5.02 Å². The molecule has 0 radical (unpaired) electrons. The smallest absolute Gasteiger partial charge is 0.0616 e. The van der Waals surface area contributed by atoms with E-state index in [1.165, 1.54) is 0 Å². The van der Waals surface area contributed by atoms with Gasteiger partial charge in [0, 0.05) is 15.0 Å². The first kappa shape index (κ1) is 12.4. The van der Waals surface area contributed by atoms with Crippen LogP contribution in [0.1, 0.15) is 18.4 Å². The van der Waals surface area contributed by atoms with E-state index in [4.69, 9.17) is 11.6 Å². The van der Waals surface area contributed by atoms with Gasteiger partial charge in [-0.1, -0.05) is 33.6 Å². The average Bonchev–Trinajstić information content (AvgIpc) is 2.72. The largest absolute Gasteiger partial charge is 0.394 e. The highest BCUT2D eigenvalue weighted by molar-refractivity contribution is 9.10. The first-order chi connectivity index (χ1) is 7.65. The second kappa shape index (κ2) is 5.05. The van der Waals surface area contributed by atoms with Gasteiger partial charge in [0.15, 0.2) is 0 Å². The van der Waals surface area contributed by atoms with Crippen molar-refractivity contribution in [3.8, 4) is 0 Å². The van der Waals surface area contributed by atoms with Crippen LogP contribution in [0.3, 0.4) is 0 Å². The molecule has 88 valence electrons. The lowest BCUT2D eigenvalue weighted by molar-refractivity contribution is 0.177. The highest BCUT2D eigenvalue weighted by Gasteiger charge is 2.33. The highest BCUT2D eigenvalue weighted by atomic mass is 79.9. The Bertz CT molecular complexity index is 377. The summed E-state index contributed by atoms with van der Waals surface area (Å²) < 4.78 is 0.985. The van der Waals surface area contributed by atoms with Crippen molar-refractivity contribution in [2.45, 2.75) is 24.8 Å². The summed E-state index contributed by atoms with van der Waals surface area (Å²) in [6, 6.07) is 5.90. The molecule has 16 heavy (non-hydrogen) atoms. The van der Waals surface area contributed by atoms with Gasteiger partial charge in [-0.25, -0.2) is 0 Å². The van der Waals surface area contributed by atoms with Crippen molar-refractivity contribution in [1.29, 1.82) is 0 Å². The van der Waals surface area contributed by atoms with Crippen LogP contribution in [0.25, 0.3) is 0 Å². The van der Waals surface area contributed by atoms with E-state index in [-0.39, 0.29) is 12.1 Å². The summed E-state index contributed by atoms with van der Waals surface area (Å²) in [4.78, 5) is 0. The van der Waals surface area contributed by atoms with Gasteiger partial charge in [0.05, 0.1) is 6.61 Å². The number of aliphatic hydroxyl groups excluding tert-OH is 1. The van der Waals surface area contributed by atoms with Crippen LogP contribution in [0.15, 0.2) is 22.7 Å². The molecule has 1 aliphatic heterocycles. The fourth-order valence-corrected chi connectivity index (χ4v) is 2.98. The maximum Gasteiger partial charge on any atom is 0.0616 e. The van der Waals surface area contributed by atoms with Gasteiger partial charge in [0.1, 0.15) is 0 Å². The average molecular weight is 305 g/mol. The predicted molar refractivity (Wildman–Crippen MR) is 69.9 cm³/mol. The first-order valence-corrected chi connectivity index (χ1v) is 6.62. The molecule has 0 aromatic heterocycles. The topological polar surface area (TPSA) is 32.3 Å². The Labute approximate surface area is 109 Å². The van der Waals surface area contributed by atoms with Gasteiger partial charge >= 0.3 is 0 Å². The summed E-state index contributed by atoms with van der Waals surface area (Å²) in [6.07, 6.45) is 2.92. The number of benzene rings is 1. The predicted octanol–water partition coefficient (Wildman–Crippen LogP) is 2.76. The van der Waals surface area contributed by atoms with E-state index in [1.54, 1.807) is 0 Å². The lowest BCUT2D eigenvalue weighted by atomic mass is 9.90. The molecule has 1 aliphatic rings. The van der Waals surface area contributed by atoms with Crippen molar-refractivity contribution >= 4 is 27.5 Å². The molecule has 0 spiro atoms. The molecule has 1 fully saturated rings. The van der Waals surface area contributed by atoms with E-state index < -0.39 is 0 Å². The SMILES string of the molecule is OCC1(Cc2ccc(Br)cc2Cl)CCCN1. The molecule has 4 heteroatoms. The molecule has 1 atom stereocenters. The van der Waals surface area contributed by atoms with Crippen LogP contribution >= 0.6 is 27.5 Å². The van der Waals surface area contributed by atoms with Crippen molar-refractivity contribution in [3.63, 3.8) is 0 Å². The molecule has 2 nitrogen and oxygen atoms in total. The maximum atomic E-state index is 9.51. The summed E-state index contributed by atoms with van der Waals surface area (Å²) in [5, 5.41) is 13.7. The number of hydrogen-bond donors (Lipinski definition) is 2. The minimum absolute atomic E-state index is 0.166. The van der Waals surface area contributed by atoms with Crippen molar-refractivity contribution in [1.82, 2.24) is 5.32 Å². The molecule has 0 saturated carbocycles. The molecular formula is C12H15BrClNO. The van der Waals surface area contributed by atoms with Gasteiger partial charge < -0.3 is 10.4 Å². The normalized spacial score (nSPS) is 24.9. The molecule has 1 aromatic carbocycles. The lowest BCUT2D eigenvalue weighted by Crippen LogP contribution is -2.45. The van der Waals surface area contributed by atoms with Gasteiger partial charge in [-0.15, -0.1) is 0 Å². The second-order valence-electron chi connectivity index (χ2n) is 4.38. The molecule has 0 amide bonds. The summed E-state index contributed by atoms with van der Waals surface area (Å²) >= 11 is 9.58. The van der Waals surface area contributed by atoms with Crippen LogP contribution in [0.5, 0.6) is 0 Å². The van der Waals surface area contributed by atoms with Gasteiger partial charge in [-0.3, -0.25) is 0 Å². The van der Waals surface area contributed by atoms with Crippen LogP contribution in [-0.4, -0.2) is 23.8 Å². The number of halogens is 2. The van der Waals surface area contributed by atoms with E-state index >= 15 is 0 Å². The van der Waals surface area contributed by atoms with Gasteiger partial charge in [-0.2, -0.15) is 0 Å². The Morgan fingerprint density at radius 3 is 2.88 bits per heavy atom. The first-order valence-electron chi connectivity index (χ1n) is 5.45. The quantitative estimate of drug-likeness (QED) is 0.900. The molecule has 2 N–H and O–H groups in total. The molecule has 1 aromatic rings. The third-order valence-electron chi connectivity index (χ3n) is 3.18.